The fourth-order valence-electron chi connectivity index (χ4n) is 2.63. The predicted molar refractivity (Wildman–Crippen MR) is 106 cm³/mol. The minimum atomic E-state index is -0.558. The number of nitrogens with one attached hydrogen (secondary N) is 1. The van der Waals surface area contributed by atoms with Crippen molar-refractivity contribution in [1.29, 1.82) is 0 Å². The van der Waals surface area contributed by atoms with Crippen molar-refractivity contribution in [2.75, 3.05) is 5.32 Å². The summed E-state index contributed by atoms with van der Waals surface area (Å²) in [6, 6.07) is 18.9. The lowest BCUT2D eigenvalue weighted by Crippen LogP contribution is -2.17. The van der Waals surface area contributed by atoms with E-state index < -0.39 is 11.7 Å². The highest BCUT2D eigenvalue weighted by atomic mass is 35.5. The molecule has 0 saturated heterocycles. The van der Waals surface area contributed by atoms with Gasteiger partial charge in [-0.3, -0.25) is 4.79 Å². The van der Waals surface area contributed by atoms with E-state index >= 15 is 0 Å². The van der Waals surface area contributed by atoms with Gasteiger partial charge in [-0.2, -0.15) is 5.10 Å². The molecule has 2 heterocycles. The highest BCUT2D eigenvalue weighted by molar-refractivity contribution is 7.13. The Hall–Kier alpha value is -2.96. The van der Waals surface area contributed by atoms with Crippen molar-refractivity contribution in [2.45, 2.75) is 0 Å². The molecule has 134 valence electrons. The minimum Gasteiger partial charge on any atom is -0.318 e. The number of amides is 1. The molecule has 4 nitrogen and oxygen atoms in total. The molecular formula is C20H13ClFN3OS. The van der Waals surface area contributed by atoms with Crippen molar-refractivity contribution < 1.29 is 9.18 Å². The topological polar surface area (TPSA) is 46.9 Å². The van der Waals surface area contributed by atoms with Crippen LogP contribution in [0.25, 0.3) is 16.3 Å². The number of para-hydroxylation sites is 1. The van der Waals surface area contributed by atoms with Crippen LogP contribution in [0.2, 0.25) is 5.02 Å². The standard InChI is InChI=1S/C20H13ClFN3OS/c21-13-8-9-15(22)16(11-13)23-20(26)18-12-17(19-7-4-10-27-19)24-25(18)14-5-2-1-3-6-14/h1-12H,(H,23,26). The normalized spacial score (nSPS) is 10.7. The van der Waals surface area contributed by atoms with E-state index in [1.54, 1.807) is 10.7 Å². The van der Waals surface area contributed by atoms with Gasteiger partial charge < -0.3 is 5.32 Å². The van der Waals surface area contributed by atoms with Crippen molar-refractivity contribution in [3.05, 3.63) is 88.6 Å². The SMILES string of the molecule is O=C(Nc1cc(Cl)ccc1F)c1cc(-c2cccs2)nn1-c1ccccc1. The Balaban J connectivity index is 1.76. The summed E-state index contributed by atoms with van der Waals surface area (Å²) in [5, 5.41) is 9.43. The quantitative estimate of drug-likeness (QED) is 0.484. The average Bonchev–Trinajstić information content (AvgIpc) is 3.35. The molecule has 4 aromatic rings. The summed E-state index contributed by atoms with van der Waals surface area (Å²) in [5.74, 6) is -1.03. The number of carbonyl (C=O) groups is 1. The van der Waals surface area contributed by atoms with Crippen molar-refractivity contribution in [3.63, 3.8) is 0 Å². The molecule has 0 atom stereocenters. The highest BCUT2D eigenvalue weighted by Gasteiger charge is 2.19. The maximum Gasteiger partial charge on any atom is 0.274 e. The molecule has 4 rings (SSSR count). The summed E-state index contributed by atoms with van der Waals surface area (Å²) in [5.41, 5.74) is 1.72. The average molecular weight is 398 g/mol. The Morgan fingerprint density at radius 2 is 1.89 bits per heavy atom. The van der Waals surface area contributed by atoms with Crippen molar-refractivity contribution in [3.8, 4) is 16.3 Å². The monoisotopic (exact) mass is 397 g/mol. The summed E-state index contributed by atoms with van der Waals surface area (Å²) in [4.78, 5) is 13.8. The van der Waals surface area contributed by atoms with Gasteiger partial charge in [0.25, 0.3) is 5.91 Å². The third-order valence-corrected chi connectivity index (χ3v) is 5.02. The van der Waals surface area contributed by atoms with E-state index in [2.05, 4.69) is 10.4 Å². The predicted octanol–water partition coefficient (Wildman–Crippen LogP) is 5.65. The van der Waals surface area contributed by atoms with Gasteiger partial charge in [0.15, 0.2) is 0 Å². The van der Waals surface area contributed by atoms with Gasteiger partial charge in [0.05, 0.1) is 16.3 Å². The highest BCUT2D eigenvalue weighted by Crippen LogP contribution is 2.27. The van der Waals surface area contributed by atoms with Gasteiger partial charge in [-0.15, -0.1) is 11.3 Å². The van der Waals surface area contributed by atoms with Crippen molar-refractivity contribution in [2.24, 2.45) is 0 Å². The van der Waals surface area contributed by atoms with E-state index in [9.17, 15) is 9.18 Å². The van der Waals surface area contributed by atoms with Crippen LogP contribution in [0.1, 0.15) is 10.5 Å². The summed E-state index contributed by atoms with van der Waals surface area (Å²) >= 11 is 7.44. The molecule has 0 aliphatic heterocycles. The van der Waals surface area contributed by atoms with Gasteiger partial charge >= 0.3 is 0 Å². The molecule has 0 aliphatic rings. The molecule has 0 bridgehead atoms. The van der Waals surface area contributed by atoms with E-state index in [0.717, 1.165) is 10.6 Å². The number of thiophene rings is 1. The van der Waals surface area contributed by atoms with Crippen molar-refractivity contribution >= 4 is 34.5 Å². The number of anilines is 1. The first-order valence-corrected chi connectivity index (χ1v) is 9.33. The number of nitrogens with zero attached hydrogens (tertiary/aromatic N) is 2. The van der Waals surface area contributed by atoms with Gasteiger partial charge in [0, 0.05) is 5.02 Å². The first kappa shape index (κ1) is 17.5. The van der Waals surface area contributed by atoms with E-state index in [1.807, 2.05) is 47.8 Å². The fraction of sp³-hybridized carbons (Fsp3) is 0. The molecule has 7 heteroatoms. The van der Waals surface area contributed by atoms with Crippen LogP contribution in [0, 0.1) is 5.82 Å². The molecule has 0 fully saturated rings. The van der Waals surface area contributed by atoms with E-state index in [0.29, 0.717) is 16.4 Å². The maximum absolute atomic E-state index is 14.0. The van der Waals surface area contributed by atoms with Crippen LogP contribution < -0.4 is 5.32 Å². The van der Waals surface area contributed by atoms with Crippen molar-refractivity contribution in [1.82, 2.24) is 9.78 Å². The number of carbonyl (C=O) groups excluding carboxylic acids is 1. The lowest BCUT2D eigenvalue weighted by molar-refractivity contribution is 0.101. The molecular weight excluding hydrogens is 385 g/mol. The second-order valence-corrected chi connectivity index (χ2v) is 7.10. The Morgan fingerprint density at radius 3 is 2.63 bits per heavy atom. The fourth-order valence-corrected chi connectivity index (χ4v) is 3.49. The smallest absolute Gasteiger partial charge is 0.274 e. The molecule has 0 spiro atoms. The number of halogens is 2. The van der Waals surface area contributed by atoms with E-state index in [4.69, 9.17) is 11.6 Å². The van der Waals surface area contributed by atoms with Gasteiger partial charge in [-0.05, 0) is 47.8 Å². The number of hydrogen-bond acceptors (Lipinski definition) is 3. The molecule has 1 N–H and O–H groups in total. The Bertz CT molecular complexity index is 1090. The van der Waals surface area contributed by atoms with Crippen LogP contribution in [0.15, 0.2) is 72.1 Å². The van der Waals surface area contributed by atoms with Crippen LogP contribution in [-0.4, -0.2) is 15.7 Å². The maximum atomic E-state index is 14.0. The number of rotatable bonds is 4. The molecule has 27 heavy (non-hydrogen) atoms. The zero-order valence-electron chi connectivity index (χ0n) is 13.9. The van der Waals surface area contributed by atoms with Crippen LogP contribution in [-0.2, 0) is 0 Å². The number of hydrogen-bond donors (Lipinski definition) is 1. The summed E-state index contributed by atoms with van der Waals surface area (Å²) in [6.07, 6.45) is 0. The lowest BCUT2D eigenvalue weighted by Gasteiger charge is -2.09. The van der Waals surface area contributed by atoms with E-state index in [-0.39, 0.29) is 5.69 Å². The third kappa shape index (κ3) is 3.63. The molecule has 1 amide bonds. The lowest BCUT2D eigenvalue weighted by atomic mass is 10.2. The zero-order valence-corrected chi connectivity index (χ0v) is 15.5. The summed E-state index contributed by atoms with van der Waals surface area (Å²) in [7, 11) is 0. The van der Waals surface area contributed by atoms with Crippen LogP contribution in [0.4, 0.5) is 10.1 Å². The summed E-state index contributed by atoms with van der Waals surface area (Å²) in [6.45, 7) is 0. The first-order chi connectivity index (χ1) is 13.1. The minimum absolute atomic E-state index is 0.0194. The Labute approximate surface area is 163 Å². The molecule has 0 unspecified atom stereocenters. The first-order valence-electron chi connectivity index (χ1n) is 8.07. The third-order valence-electron chi connectivity index (χ3n) is 3.89. The molecule has 0 radical (unpaired) electrons. The van der Waals surface area contributed by atoms with Gasteiger partial charge in [0.2, 0.25) is 0 Å². The molecule has 2 aromatic carbocycles. The molecule has 0 aliphatic carbocycles. The van der Waals surface area contributed by atoms with Crippen LogP contribution >= 0.6 is 22.9 Å². The summed E-state index contributed by atoms with van der Waals surface area (Å²) < 4.78 is 15.6. The zero-order chi connectivity index (χ0) is 18.8. The molecule has 0 saturated carbocycles. The van der Waals surface area contributed by atoms with Gasteiger partial charge in [0.1, 0.15) is 17.2 Å². The Morgan fingerprint density at radius 1 is 1.07 bits per heavy atom. The molecule has 2 aromatic heterocycles. The number of benzene rings is 2. The second kappa shape index (κ2) is 7.34. The van der Waals surface area contributed by atoms with Crippen LogP contribution in [0.5, 0.6) is 0 Å². The number of aromatic nitrogens is 2. The van der Waals surface area contributed by atoms with E-state index in [1.165, 1.54) is 29.5 Å². The largest absolute Gasteiger partial charge is 0.318 e. The van der Waals surface area contributed by atoms with Gasteiger partial charge in [-0.25, -0.2) is 9.07 Å². The Kier molecular flexibility index (Phi) is 4.75. The van der Waals surface area contributed by atoms with Gasteiger partial charge in [-0.1, -0.05) is 35.9 Å². The second-order valence-electron chi connectivity index (χ2n) is 5.72. The van der Waals surface area contributed by atoms with Crippen LogP contribution in [0.3, 0.4) is 0 Å².